The number of carbonyl (C=O) groups is 1. The van der Waals surface area contributed by atoms with Gasteiger partial charge in [-0.15, -0.1) is 0 Å². The van der Waals surface area contributed by atoms with Crippen molar-refractivity contribution in [2.75, 3.05) is 10.6 Å². The highest BCUT2D eigenvalue weighted by molar-refractivity contribution is 5.97. The molecule has 7 heteroatoms. The Morgan fingerprint density at radius 1 is 1.52 bits per heavy atom. The first-order chi connectivity index (χ1) is 13.7. The summed E-state index contributed by atoms with van der Waals surface area (Å²) < 4.78 is 53.6. The van der Waals surface area contributed by atoms with E-state index in [9.17, 15) is 9.90 Å². The third-order valence-corrected chi connectivity index (χ3v) is 3.87. The second kappa shape index (κ2) is 6.70. The number of carbonyl (C=O) groups excluding carboxylic acids is 1. The monoisotopic (exact) mass is 328 g/mol. The highest BCUT2D eigenvalue weighted by Crippen LogP contribution is 2.27. The van der Waals surface area contributed by atoms with E-state index >= 15 is 0 Å². The topological polar surface area (TPSA) is 113 Å². The van der Waals surface area contributed by atoms with Crippen LogP contribution < -0.4 is 16.4 Å². The number of nitrogens with one attached hydrogen (secondary N) is 2. The maximum absolute atomic E-state index is 11.8. The summed E-state index contributed by atoms with van der Waals surface area (Å²) in [7, 11) is 0. The Kier molecular flexibility index (Phi) is 2.93. The lowest BCUT2D eigenvalue weighted by Crippen LogP contribution is -2.36. The number of primary amides is 1. The largest absolute Gasteiger partial charge is 0.393 e. The van der Waals surface area contributed by atoms with Gasteiger partial charge in [-0.3, -0.25) is 4.79 Å². The molecular formula is C16H27N5O2. The third-order valence-electron chi connectivity index (χ3n) is 3.87. The molecular weight excluding hydrogens is 294 g/mol. The molecule has 1 aromatic heterocycles. The molecule has 2 rings (SSSR count). The fourth-order valence-corrected chi connectivity index (χ4v) is 2.55. The van der Waals surface area contributed by atoms with E-state index in [-0.39, 0.29) is 29.3 Å². The molecule has 0 saturated heterocycles. The van der Waals surface area contributed by atoms with E-state index in [4.69, 9.17) is 15.3 Å². The van der Waals surface area contributed by atoms with E-state index in [2.05, 4.69) is 20.6 Å². The van der Waals surface area contributed by atoms with Gasteiger partial charge in [0.15, 0.2) is 0 Å². The molecule has 1 saturated carbocycles. The zero-order valence-electron chi connectivity index (χ0n) is 20.0. The molecule has 0 spiro atoms. The van der Waals surface area contributed by atoms with Gasteiger partial charge in [-0.1, -0.05) is 6.92 Å². The van der Waals surface area contributed by atoms with Crippen LogP contribution >= 0.6 is 0 Å². The molecule has 1 fully saturated rings. The number of nitrogens with zero attached hydrogens (tertiary/aromatic N) is 2. The number of anilines is 2. The third kappa shape index (κ3) is 4.79. The van der Waals surface area contributed by atoms with Crippen molar-refractivity contribution in [2.24, 2.45) is 11.7 Å². The van der Waals surface area contributed by atoms with Gasteiger partial charge in [0.05, 0.1) is 11.7 Å². The van der Waals surface area contributed by atoms with Gasteiger partial charge >= 0.3 is 0 Å². The summed E-state index contributed by atoms with van der Waals surface area (Å²) in [4.78, 5) is 19.7. The highest BCUT2D eigenvalue weighted by Gasteiger charge is 2.27. The molecule has 0 aliphatic heterocycles. The first kappa shape index (κ1) is 10.1. The van der Waals surface area contributed by atoms with Crippen molar-refractivity contribution >= 4 is 17.7 Å². The summed E-state index contributed by atoms with van der Waals surface area (Å²) in [6.07, 6.45) is 2.39. The van der Waals surface area contributed by atoms with Gasteiger partial charge in [0.25, 0.3) is 5.91 Å². The zero-order chi connectivity index (χ0) is 22.9. The van der Waals surface area contributed by atoms with Crippen molar-refractivity contribution in [1.29, 1.82) is 0 Å². The summed E-state index contributed by atoms with van der Waals surface area (Å²) in [5.74, 6) is -1.06. The SMILES string of the molecule is [2H]CC(Nc1ncc(C(N)=O)c(NC2CCC(C)C(O)C2)n1)(C([2H])([2H])[2H])C([2H])([2H])[2H]. The lowest BCUT2D eigenvalue weighted by molar-refractivity contribution is 0.0739. The lowest BCUT2D eigenvalue weighted by Gasteiger charge is -2.32. The molecule has 1 aromatic rings. The van der Waals surface area contributed by atoms with E-state index in [1.807, 2.05) is 6.92 Å². The van der Waals surface area contributed by atoms with Gasteiger partial charge in [0.1, 0.15) is 5.82 Å². The minimum absolute atomic E-state index is 0.00159. The number of amides is 1. The smallest absolute Gasteiger partial charge is 0.254 e. The Morgan fingerprint density at radius 2 is 2.30 bits per heavy atom. The molecule has 23 heavy (non-hydrogen) atoms. The van der Waals surface area contributed by atoms with Crippen LogP contribution in [0.2, 0.25) is 0 Å². The molecule has 0 bridgehead atoms. The van der Waals surface area contributed by atoms with Crippen molar-refractivity contribution in [1.82, 2.24) is 9.97 Å². The average molecular weight is 328 g/mol. The number of rotatable bonds is 4. The number of aliphatic hydroxyl groups is 1. The molecule has 0 aromatic carbocycles. The van der Waals surface area contributed by atoms with Gasteiger partial charge < -0.3 is 21.5 Å². The number of nitrogens with two attached hydrogens (primary N) is 1. The molecule has 1 heterocycles. The van der Waals surface area contributed by atoms with E-state index in [0.717, 1.165) is 12.6 Å². The van der Waals surface area contributed by atoms with Crippen LogP contribution in [0.5, 0.6) is 0 Å². The fraction of sp³-hybridized carbons (Fsp3) is 0.688. The lowest BCUT2D eigenvalue weighted by atomic mass is 9.85. The second-order valence-electron chi connectivity index (χ2n) is 6.05. The van der Waals surface area contributed by atoms with Gasteiger partial charge in [0.2, 0.25) is 5.95 Å². The molecule has 5 N–H and O–H groups in total. The summed E-state index contributed by atoms with van der Waals surface area (Å²) in [5, 5.41) is 15.4. The predicted molar refractivity (Wildman–Crippen MR) is 90.4 cm³/mol. The van der Waals surface area contributed by atoms with E-state index in [0.29, 0.717) is 12.8 Å². The highest BCUT2D eigenvalue weighted by atomic mass is 16.3. The van der Waals surface area contributed by atoms with E-state index < -0.39 is 38.2 Å². The standard InChI is InChI=1S/C16H27N5O2/c1-9-5-6-10(7-12(9)22)19-14-11(13(17)23)8-18-15(20-14)21-16(2,3)4/h8-10,12,22H,5-7H2,1-4H3,(H2,17,23)(H2,18,19,20,21)/i2D,3D3,4D3. The molecule has 128 valence electrons. The maximum Gasteiger partial charge on any atom is 0.254 e. The van der Waals surface area contributed by atoms with Crippen LogP contribution in [0.3, 0.4) is 0 Å². The van der Waals surface area contributed by atoms with Gasteiger partial charge in [-0.2, -0.15) is 4.98 Å². The molecule has 3 atom stereocenters. The van der Waals surface area contributed by atoms with Crippen LogP contribution in [-0.2, 0) is 0 Å². The van der Waals surface area contributed by atoms with Crippen LogP contribution in [0.4, 0.5) is 11.8 Å². The van der Waals surface area contributed by atoms with Crippen molar-refractivity contribution in [3.05, 3.63) is 11.8 Å². The summed E-state index contributed by atoms with van der Waals surface area (Å²) in [5.41, 5.74) is 2.70. The average Bonchev–Trinajstić information content (AvgIpc) is 2.60. The predicted octanol–water partition coefficient (Wildman–Crippen LogP) is 1.75. The summed E-state index contributed by atoms with van der Waals surface area (Å²) in [6, 6.07) is -0.219. The second-order valence-corrected chi connectivity index (χ2v) is 6.05. The minimum Gasteiger partial charge on any atom is -0.393 e. The van der Waals surface area contributed by atoms with E-state index in [1.54, 1.807) is 0 Å². The Morgan fingerprint density at radius 3 is 2.91 bits per heavy atom. The maximum atomic E-state index is 11.8. The molecule has 7 nitrogen and oxygen atoms in total. The van der Waals surface area contributed by atoms with Gasteiger partial charge in [-0.05, 0) is 45.8 Å². The van der Waals surface area contributed by atoms with Crippen LogP contribution in [0.25, 0.3) is 0 Å². The van der Waals surface area contributed by atoms with Crippen molar-refractivity contribution in [2.45, 2.75) is 64.5 Å². The van der Waals surface area contributed by atoms with E-state index in [1.165, 1.54) is 0 Å². The number of aromatic nitrogens is 2. The van der Waals surface area contributed by atoms with Crippen LogP contribution in [0.15, 0.2) is 6.20 Å². The molecule has 1 amide bonds. The first-order valence-corrected chi connectivity index (χ1v) is 7.40. The fourth-order valence-electron chi connectivity index (χ4n) is 2.55. The normalized spacial score (nSPS) is 30.5. The Hall–Kier alpha value is -1.89. The molecule has 0 radical (unpaired) electrons. The van der Waals surface area contributed by atoms with Gasteiger partial charge in [0, 0.05) is 27.4 Å². The quantitative estimate of drug-likeness (QED) is 0.669. The zero-order valence-corrected chi connectivity index (χ0v) is 13.0. The number of aliphatic hydroxyl groups excluding tert-OH is 1. The minimum atomic E-state index is -3.07. The van der Waals surface area contributed by atoms with Gasteiger partial charge in [-0.25, -0.2) is 4.98 Å². The Labute approximate surface area is 146 Å². The molecule has 1 aliphatic carbocycles. The van der Waals surface area contributed by atoms with Crippen molar-refractivity contribution in [3.8, 4) is 0 Å². The number of hydrogen-bond acceptors (Lipinski definition) is 6. The van der Waals surface area contributed by atoms with Crippen LogP contribution in [-0.4, -0.2) is 38.7 Å². The molecule has 3 unspecified atom stereocenters. The van der Waals surface area contributed by atoms with Crippen molar-refractivity contribution in [3.63, 3.8) is 0 Å². The summed E-state index contributed by atoms with van der Waals surface area (Å²) >= 11 is 0. The Bertz CT molecular complexity index is 757. The number of hydrogen-bond donors (Lipinski definition) is 4. The summed E-state index contributed by atoms with van der Waals surface area (Å²) in [6.45, 7) is -5.19. The molecule has 1 aliphatic rings. The first-order valence-electron chi connectivity index (χ1n) is 11.1. The Balaban J connectivity index is 2.40. The van der Waals surface area contributed by atoms with Crippen LogP contribution in [0.1, 0.15) is 66.7 Å². The van der Waals surface area contributed by atoms with Crippen LogP contribution in [0, 0.1) is 5.92 Å². The van der Waals surface area contributed by atoms with Crippen molar-refractivity contribution < 1.29 is 19.5 Å².